The van der Waals surface area contributed by atoms with Gasteiger partial charge in [-0.1, -0.05) is 19.1 Å². The average Bonchev–Trinajstić information content (AvgIpc) is 2.45. The minimum absolute atomic E-state index is 0.783. The second kappa shape index (κ2) is 7.10. The van der Waals surface area contributed by atoms with Crippen molar-refractivity contribution < 1.29 is 4.74 Å². The van der Waals surface area contributed by atoms with Crippen LogP contribution in [0.1, 0.15) is 32.6 Å². The number of hydrogen-bond acceptors (Lipinski definition) is 2. The summed E-state index contributed by atoms with van der Waals surface area (Å²) in [5.41, 5.74) is 1.19. The van der Waals surface area contributed by atoms with Gasteiger partial charge < -0.3 is 10.1 Å². The van der Waals surface area contributed by atoms with Crippen LogP contribution in [0.2, 0.25) is 0 Å². The van der Waals surface area contributed by atoms with Crippen LogP contribution in [0.25, 0.3) is 0 Å². The zero-order valence-corrected chi connectivity index (χ0v) is 11.2. The van der Waals surface area contributed by atoms with Crippen molar-refractivity contribution in [3.63, 3.8) is 0 Å². The van der Waals surface area contributed by atoms with E-state index < -0.39 is 0 Å². The number of benzene rings is 1. The number of allylic oxidation sites excluding steroid dienone is 2. The molecule has 1 aromatic carbocycles. The van der Waals surface area contributed by atoms with Gasteiger partial charge in [0.25, 0.3) is 0 Å². The fourth-order valence-corrected chi connectivity index (χ4v) is 2.19. The van der Waals surface area contributed by atoms with Crippen molar-refractivity contribution in [1.82, 2.24) is 0 Å². The maximum Gasteiger partial charge on any atom is 0.119 e. The number of hydrogen-bond donors (Lipinski definition) is 1. The van der Waals surface area contributed by atoms with Crippen molar-refractivity contribution in [3.8, 4) is 5.75 Å². The first kappa shape index (κ1) is 13.0. The van der Waals surface area contributed by atoms with Crippen LogP contribution in [0.15, 0.2) is 36.4 Å². The van der Waals surface area contributed by atoms with Crippen LogP contribution in [-0.4, -0.2) is 13.2 Å². The van der Waals surface area contributed by atoms with Gasteiger partial charge in [-0.3, -0.25) is 0 Å². The molecule has 2 nitrogen and oxygen atoms in total. The molecular formula is C16H23NO. The topological polar surface area (TPSA) is 21.3 Å². The Morgan fingerprint density at radius 2 is 2.06 bits per heavy atom. The molecule has 1 unspecified atom stereocenters. The molecule has 0 saturated heterocycles. The van der Waals surface area contributed by atoms with E-state index in [2.05, 4.69) is 36.5 Å². The van der Waals surface area contributed by atoms with E-state index in [0.717, 1.165) is 31.2 Å². The minimum Gasteiger partial charge on any atom is -0.494 e. The molecule has 0 aromatic heterocycles. The summed E-state index contributed by atoms with van der Waals surface area (Å²) in [6, 6.07) is 8.28. The number of rotatable bonds is 6. The van der Waals surface area contributed by atoms with Crippen molar-refractivity contribution in [2.24, 2.45) is 5.92 Å². The van der Waals surface area contributed by atoms with E-state index in [4.69, 9.17) is 4.74 Å². The molecule has 0 heterocycles. The van der Waals surface area contributed by atoms with Gasteiger partial charge in [-0.15, -0.1) is 0 Å². The first-order valence-corrected chi connectivity index (χ1v) is 7.00. The third-order valence-corrected chi connectivity index (χ3v) is 3.30. The molecule has 1 atom stereocenters. The zero-order valence-electron chi connectivity index (χ0n) is 11.2. The van der Waals surface area contributed by atoms with E-state index in [1.54, 1.807) is 0 Å². The van der Waals surface area contributed by atoms with Crippen molar-refractivity contribution in [2.75, 3.05) is 18.5 Å². The Morgan fingerprint density at radius 1 is 1.22 bits per heavy atom. The SMILES string of the molecule is CCCOc1ccc(NCC2CC=CCC2)cc1. The highest BCUT2D eigenvalue weighted by atomic mass is 16.5. The molecule has 2 heteroatoms. The second-order valence-electron chi connectivity index (χ2n) is 4.90. The van der Waals surface area contributed by atoms with Crippen LogP contribution >= 0.6 is 0 Å². The standard InChI is InChI=1S/C16H23NO/c1-2-12-18-16-10-8-15(9-11-16)17-13-14-6-4-3-5-7-14/h3-4,8-11,14,17H,2,5-7,12-13H2,1H3. The molecule has 1 aromatic rings. The van der Waals surface area contributed by atoms with Gasteiger partial charge in [0.15, 0.2) is 0 Å². The molecule has 98 valence electrons. The highest BCUT2D eigenvalue weighted by molar-refractivity contribution is 5.46. The third kappa shape index (κ3) is 4.10. The molecule has 0 fully saturated rings. The summed E-state index contributed by atoms with van der Waals surface area (Å²) in [6.07, 6.45) is 9.39. The van der Waals surface area contributed by atoms with Crippen LogP contribution in [0.3, 0.4) is 0 Å². The van der Waals surface area contributed by atoms with Crippen LogP contribution in [0.5, 0.6) is 5.75 Å². The lowest BCUT2D eigenvalue weighted by Crippen LogP contribution is -2.15. The van der Waals surface area contributed by atoms with E-state index in [9.17, 15) is 0 Å². The van der Waals surface area contributed by atoms with Gasteiger partial charge in [0.05, 0.1) is 6.61 Å². The minimum atomic E-state index is 0.783. The second-order valence-corrected chi connectivity index (χ2v) is 4.90. The molecule has 0 radical (unpaired) electrons. The summed E-state index contributed by atoms with van der Waals surface area (Å²) < 4.78 is 5.57. The molecule has 1 N–H and O–H groups in total. The van der Waals surface area contributed by atoms with Gasteiger partial charge >= 0.3 is 0 Å². The zero-order chi connectivity index (χ0) is 12.6. The van der Waals surface area contributed by atoms with Gasteiger partial charge in [0, 0.05) is 12.2 Å². The van der Waals surface area contributed by atoms with E-state index in [1.807, 2.05) is 12.1 Å². The number of ether oxygens (including phenoxy) is 1. The van der Waals surface area contributed by atoms with Gasteiger partial charge in [0.2, 0.25) is 0 Å². The summed E-state index contributed by atoms with van der Waals surface area (Å²) >= 11 is 0. The number of nitrogens with one attached hydrogen (secondary N) is 1. The molecule has 1 aliphatic rings. The maximum atomic E-state index is 5.57. The van der Waals surface area contributed by atoms with Gasteiger partial charge in [-0.25, -0.2) is 0 Å². The van der Waals surface area contributed by atoms with Gasteiger partial charge in [-0.05, 0) is 55.9 Å². The molecule has 0 amide bonds. The van der Waals surface area contributed by atoms with Crippen molar-refractivity contribution >= 4 is 5.69 Å². The van der Waals surface area contributed by atoms with Crippen molar-refractivity contribution in [2.45, 2.75) is 32.6 Å². The predicted octanol–water partition coefficient (Wildman–Crippen LogP) is 4.24. The Balaban J connectivity index is 1.77. The quantitative estimate of drug-likeness (QED) is 0.757. The van der Waals surface area contributed by atoms with Crippen molar-refractivity contribution in [3.05, 3.63) is 36.4 Å². The Labute approximate surface area is 110 Å². The molecule has 2 rings (SSSR count). The molecule has 0 spiro atoms. The predicted molar refractivity (Wildman–Crippen MR) is 77.2 cm³/mol. The van der Waals surface area contributed by atoms with Gasteiger partial charge in [-0.2, -0.15) is 0 Å². The lowest BCUT2D eigenvalue weighted by molar-refractivity contribution is 0.317. The first-order chi connectivity index (χ1) is 8.88. The summed E-state index contributed by atoms with van der Waals surface area (Å²) in [7, 11) is 0. The summed E-state index contributed by atoms with van der Waals surface area (Å²) in [4.78, 5) is 0. The molecule has 1 aliphatic carbocycles. The van der Waals surface area contributed by atoms with Crippen LogP contribution in [0.4, 0.5) is 5.69 Å². The van der Waals surface area contributed by atoms with Gasteiger partial charge in [0.1, 0.15) is 5.75 Å². The highest BCUT2D eigenvalue weighted by Crippen LogP contribution is 2.20. The third-order valence-electron chi connectivity index (χ3n) is 3.30. The molecule has 18 heavy (non-hydrogen) atoms. The Kier molecular flexibility index (Phi) is 5.13. The fraction of sp³-hybridized carbons (Fsp3) is 0.500. The Hall–Kier alpha value is -1.44. The van der Waals surface area contributed by atoms with E-state index >= 15 is 0 Å². The molecule has 0 saturated carbocycles. The maximum absolute atomic E-state index is 5.57. The molecular weight excluding hydrogens is 222 g/mol. The summed E-state index contributed by atoms with van der Waals surface area (Å²) in [5, 5.41) is 3.51. The smallest absolute Gasteiger partial charge is 0.119 e. The average molecular weight is 245 g/mol. The Bertz CT molecular complexity index is 369. The lowest BCUT2D eigenvalue weighted by Gasteiger charge is -2.18. The summed E-state index contributed by atoms with van der Waals surface area (Å²) in [5.74, 6) is 1.74. The fourth-order valence-electron chi connectivity index (χ4n) is 2.19. The largest absolute Gasteiger partial charge is 0.494 e. The van der Waals surface area contributed by atoms with Crippen LogP contribution in [0, 0.1) is 5.92 Å². The Morgan fingerprint density at radius 3 is 2.72 bits per heavy atom. The van der Waals surface area contributed by atoms with E-state index in [0.29, 0.717) is 0 Å². The molecule has 0 aliphatic heterocycles. The number of anilines is 1. The van der Waals surface area contributed by atoms with Crippen molar-refractivity contribution in [1.29, 1.82) is 0 Å². The molecule has 0 bridgehead atoms. The monoisotopic (exact) mass is 245 g/mol. The van der Waals surface area contributed by atoms with Crippen LogP contribution in [-0.2, 0) is 0 Å². The highest BCUT2D eigenvalue weighted by Gasteiger charge is 2.09. The normalized spacial score (nSPS) is 18.6. The van der Waals surface area contributed by atoms with E-state index in [1.165, 1.54) is 24.9 Å². The lowest BCUT2D eigenvalue weighted by atomic mass is 9.94. The van der Waals surface area contributed by atoms with E-state index in [-0.39, 0.29) is 0 Å². The van der Waals surface area contributed by atoms with Crippen LogP contribution < -0.4 is 10.1 Å². The summed E-state index contributed by atoms with van der Waals surface area (Å²) in [6.45, 7) is 3.98. The first-order valence-electron chi connectivity index (χ1n) is 7.00.